The van der Waals surface area contributed by atoms with Crippen LogP contribution in [0.4, 0.5) is 0 Å². The molecule has 0 aromatic heterocycles. The summed E-state index contributed by atoms with van der Waals surface area (Å²) in [5.74, 6) is 1.02. The molecule has 1 aliphatic rings. The van der Waals surface area contributed by atoms with Gasteiger partial charge in [0.1, 0.15) is 0 Å². The van der Waals surface area contributed by atoms with Crippen molar-refractivity contribution in [2.75, 3.05) is 6.54 Å². The average molecular weight is 273 g/mol. The van der Waals surface area contributed by atoms with Crippen molar-refractivity contribution in [3.63, 3.8) is 0 Å². The minimum Gasteiger partial charge on any atom is -0.310 e. The van der Waals surface area contributed by atoms with E-state index in [2.05, 4.69) is 57.3 Å². The van der Waals surface area contributed by atoms with Crippen LogP contribution < -0.4 is 5.32 Å². The molecule has 0 aliphatic heterocycles. The number of benzene rings is 1. The first kappa shape index (κ1) is 15.6. The van der Waals surface area contributed by atoms with Gasteiger partial charge in [-0.1, -0.05) is 64.8 Å². The topological polar surface area (TPSA) is 12.0 Å². The SMILES string of the molecule is CCCNC(CCC1CC1)c1ccccc1C(C)(C)C. The Bertz CT molecular complexity index is 412. The van der Waals surface area contributed by atoms with Gasteiger partial charge in [-0.25, -0.2) is 0 Å². The van der Waals surface area contributed by atoms with Gasteiger partial charge in [0.25, 0.3) is 0 Å². The molecule has 1 aromatic carbocycles. The van der Waals surface area contributed by atoms with Crippen molar-refractivity contribution in [1.29, 1.82) is 0 Å². The van der Waals surface area contributed by atoms with Crippen LogP contribution in [0.1, 0.15) is 77.0 Å². The maximum Gasteiger partial charge on any atom is 0.0323 e. The molecule has 2 rings (SSSR count). The molecule has 20 heavy (non-hydrogen) atoms. The Kier molecular flexibility index (Phi) is 5.26. The van der Waals surface area contributed by atoms with Crippen LogP contribution in [0.15, 0.2) is 24.3 Å². The zero-order valence-corrected chi connectivity index (χ0v) is 13.7. The zero-order chi connectivity index (χ0) is 14.6. The van der Waals surface area contributed by atoms with Gasteiger partial charge in [-0.05, 0) is 48.3 Å². The third kappa shape index (κ3) is 4.34. The van der Waals surface area contributed by atoms with Crippen molar-refractivity contribution < 1.29 is 0 Å². The van der Waals surface area contributed by atoms with E-state index in [9.17, 15) is 0 Å². The lowest BCUT2D eigenvalue weighted by atomic mass is 9.81. The number of hydrogen-bond acceptors (Lipinski definition) is 1. The van der Waals surface area contributed by atoms with Crippen LogP contribution in [0.2, 0.25) is 0 Å². The van der Waals surface area contributed by atoms with E-state index in [0.717, 1.165) is 12.5 Å². The molecule has 1 nitrogen and oxygen atoms in total. The van der Waals surface area contributed by atoms with Gasteiger partial charge in [0.15, 0.2) is 0 Å². The van der Waals surface area contributed by atoms with Gasteiger partial charge in [0.2, 0.25) is 0 Å². The lowest BCUT2D eigenvalue weighted by Gasteiger charge is -2.28. The lowest BCUT2D eigenvalue weighted by molar-refractivity contribution is 0.457. The molecular formula is C19H31N. The maximum absolute atomic E-state index is 3.78. The van der Waals surface area contributed by atoms with Crippen LogP contribution in [-0.4, -0.2) is 6.54 Å². The maximum atomic E-state index is 3.78. The van der Waals surface area contributed by atoms with E-state index in [1.165, 1.54) is 43.2 Å². The molecule has 1 atom stereocenters. The summed E-state index contributed by atoms with van der Waals surface area (Å²) >= 11 is 0. The van der Waals surface area contributed by atoms with Gasteiger partial charge >= 0.3 is 0 Å². The fourth-order valence-corrected chi connectivity index (χ4v) is 2.98. The van der Waals surface area contributed by atoms with Crippen LogP contribution >= 0.6 is 0 Å². The normalized spacial score (nSPS) is 17.2. The van der Waals surface area contributed by atoms with E-state index >= 15 is 0 Å². The average Bonchev–Trinajstić information content (AvgIpc) is 3.22. The van der Waals surface area contributed by atoms with E-state index in [1.807, 2.05) is 0 Å². The Morgan fingerprint density at radius 1 is 1.20 bits per heavy atom. The van der Waals surface area contributed by atoms with E-state index in [0.29, 0.717) is 6.04 Å². The van der Waals surface area contributed by atoms with Gasteiger partial charge in [0, 0.05) is 6.04 Å². The Balaban J connectivity index is 2.17. The quantitative estimate of drug-likeness (QED) is 0.718. The van der Waals surface area contributed by atoms with Crippen LogP contribution in [0.3, 0.4) is 0 Å². The van der Waals surface area contributed by atoms with Gasteiger partial charge in [-0.3, -0.25) is 0 Å². The second-order valence-electron chi connectivity index (χ2n) is 7.36. The lowest BCUT2D eigenvalue weighted by Crippen LogP contribution is -2.26. The van der Waals surface area contributed by atoms with Crippen molar-refractivity contribution in [3.05, 3.63) is 35.4 Å². The molecule has 0 radical (unpaired) electrons. The highest BCUT2D eigenvalue weighted by atomic mass is 14.9. The molecule has 1 N–H and O–H groups in total. The molecule has 1 aliphatic carbocycles. The molecule has 1 fully saturated rings. The molecule has 1 aromatic rings. The van der Waals surface area contributed by atoms with Gasteiger partial charge in [-0.15, -0.1) is 0 Å². The van der Waals surface area contributed by atoms with Crippen LogP contribution in [-0.2, 0) is 5.41 Å². The first-order valence-corrected chi connectivity index (χ1v) is 8.35. The second-order valence-corrected chi connectivity index (χ2v) is 7.36. The van der Waals surface area contributed by atoms with Crippen LogP contribution in [0.25, 0.3) is 0 Å². The molecule has 0 heterocycles. The molecular weight excluding hydrogens is 242 g/mol. The molecule has 0 spiro atoms. The zero-order valence-electron chi connectivity index (χ0n) is 13.7. The summed E-state index contributed by atoms with van der Waals surface area (Å²) in [5, 5.41) is 3.78. The van der Waals surface area contributed by atoms with Crippen LogP contribution in [0, 0.1) is 5.92 Å². The molecule has 0 saturated heterocycles. The third-order valence-corrected chi connectivity index (χ3v) is 4.35. The van der Waals surface area contributed by atoms with Crippen molar-refractivity contribution in [3.8, 4) is 0 Å². The number of nitrogens with one attached hydrogen (secondary N) is 1. The van der Waals surface area contributed by atoms with E-state index in [1.54, 1.807) is 0 Å². The first-order valence-electron chi connectivity index (χ1n) is 8.35. The summed E-state index contributed by atoms with van der Waals surface area (Å²) in [6.45, 7) is 10.3. The van der Waals surface area contributed by atoms with Gasteiger partial charge < -0.3 is 5.32 Å². The Morgan fingerprint density at radius 3 is 2.50 bits per heavy atom. The second kappa shape index (κ2) is 6.76. The molecule has 1 unspecified atom stereocenters. The van der Waals surface area contributed by atoms with Crippen molar-refractivity contribution in [2.24, 2.45) is 5.92 Å². The summed E-state index contributed by atoms with van der Waals surface area (Å²) < 4.78 is 0. The number of hydrogen-bond donors (Lipinski definition) is 1. The van der Waals surface area contributed by atoms with E-state index < -0.39 is 0 Å². The smallest absolute Gasteiger partial charge is 0.0323 e. The molecule has 1 saturated carbocycles. The summed E-state index contributed by atoms with van der Waals surface area (Å²) in [5.41, 5.74) is 3.25. The predicted molar refractivity (Wildman–Crippen MR) is 88.1 cm³/mol. The van der Waals surface area contributed by atoms with E-state index in [-0.39, 0.29) is 5.41 Å². The molecule has 0 bridgehead atoms. The molecule has 1 heteroatoms. The van der Waals surface area contributed by atoms with Crippen molar-refractivity contribution >= 4 is 0 Å². The van der Waals surface area contributed by atoms with Gasteiger partial charge in [-0.2, -0.15) is 0 Å². The molecule has 112 valence electrons. The van der Waals surface area contributed by atoms with Crippen LogP contribution in [0.5, 0.6) is 0 Å². The number of rotatable bonds is 7. The summed E-state index contributed by atoms with van der Waals surface area (Å²) in [6, 6.07) is 9.56. The highest BCUT2D eigenvalue weighted by molar-refractivity contribution is 5.35. The fraction of sp³-hybridized carbons (Fsp3) is 0.684. The van der Waals surface area contributed by atoms with Gasteiger partial charge in [0.05, 0.1) is 0 Å². The van der Waals surface area contributed by atoms with E-state index in [4.69, 9.17) is 0 Å². The summed E-state index contributed by atoms with van der Waals surface area (Å²) in [6.07, 6.45) is 6.80. The Labute approximate surface area is 125 Å². The largest absolute Gasteiger partial charge is 0.310 e. The van der Waals surface area contributed by atoms with Crippen molar-refractivity contribution in [2.45, 2.75) is 71.3 Å². The summed E-state index contributed by atoms with van der Waals surface area (Å²) in [7, 11) is 0. The van der Waals surface area contributed by atoms with Crippen molar-refractivity contribution in [1.82, 2.24) is 5.32 Å². The first-order chi connectivity index (χ1) is 9.52. The fourth-order valence-electron chi connectivity index (χ4n) is 2.98. The molecule has 0 amide bonds. The standard InChI is InChI=1S/C19H31N/c1-5-14-20-18(13-12-15-10-11-15)16-8-6-7-9-17(16)19(2,3)4/h6-9,15,18,20H,5,10-14H2,1-4H3. The predicted octanol–water partition coefficient (Wildman–Crippen LogP) is 5.22. The third-order valence-electron chi connectivity index (χ3n) is 4.35. The summed E-state index contributed by atoms with van der Waals surface area (Å²) in [4.78, 5) is 0. The Morgan fingerprint density at radius 2 is 1.90 bits per heavy atom. The Hall–Kier alpha value is -0.820. The highest BCUT2D eigenvalue weighted by Crippen LogP contribution is 2.37. The highest BCUT2D eigenvalue weighted by Gasteiger charge is 2.25. The monoisotopic (exact) mass is 273 g/mol. The minimum atomic E-state index is 0.225. The minimum absolute atomic E-state index is 0.225.